The molecule has 0 aliphatic carbocycles. The number of ether oxygens (including phenoxy) is 1. The predicted octanol–water partition coefficient (Wildman–Crippen LogP) is 4.30. The number of hydrogen-bond acceptors (Lipinski definition) is 6. The number of nitrogens with zero attached hydrogens (tertiary/aromatic N) is 1. The summed E-state index contributed by atoms with van der Waals surface area (Å²) in [6, 6.07) is 7.56. The van der Waals surface area contributed by atoms with Crippen LogP contribution in [0.5, 0.6) is 5.75 Å². The second kappa shape index (κ2) is 10.1. The number of aryl methyl sites for hydroxylation is 1. The van der Waals surface area contributed by atoms with Crippen molar-refractivity contribution in [2.45, 2.75) is 45.3 Å². The third-order valence-electron chi connectivity index (χ3n) is 5.05. The molecule has 30 heavy (non-hydrogen) atoms. The summed E-state index contributed by atoms with van der Waals surface area (Å²) < 4.78 is 5.19. The number of benzene rings is 1. The Hall–Kier alpha value is -2.32. The zero-order valence-corrected chi connectivity index (χ0v) is 19.3. The molecule has 3 aromatic rings. The molecule has 0 aliphatic heterocycles. The summed E-state index contributed by atoms with van der Waals surface area (Å²) in [6.07, 6.45) is 1.95. The molecule has 6 nitrogen and oxygen atoms in total. The van der Waals surface area contributed by atoms with Gasteiger partial charge in [-0.25, -0.2) is 4.98 Å². The minimum atomic E-state index is -0.123. The van der Waals surface area contributed by atoms with E-state index in [1.807, 2.05) is 31.2 Å². The van der Waals surface area contributed by atoms with E-state index in [0.29, 0.717) is 23.0 Å². The summed E-state index contributed by atoms with van der Waals surface area (Å²) in [5.74, 6) is 1.33. The second-order valence-corrected chi connectivity index (χ2v) is 9.49. The van der Waals surface area contributed by atoms with Crippen LogP contribution in [0.3, 0.4) is 0 Å². The Kier molecular flexibility index (Phi) is 7.55. The molecule has 1 atom stereocenters. The molecule has 8 heteroatoms. The van der Waals surface area contributed by atoms with E-state index < -0.39 is 0 Å². The largest absolute Gasteiger partial charge is 0.497 e. The number of H-pyrrole nitrogens is 1. The van der Waals surface area contributed by atoms with Crippen LogP contribution >= 0.6 is 23.1 Å². The summed E-state index contributed by atoms with van der Waals surface area (Å²) in [4.78, 5) is 34.3. The van der Waals surface area contributed by atoms with E-state index in [1.165, 1.54) is 11.8 Å². The van der Waals surface area contributed by atoms with Crippen LogP contribution in [0, 0.1) is 12.8 Å². The number of fused-ring (bicyclic) bond motifs is 1. The monoisotopic (exact) mass is 445 g/mol. The Labute approximate surface area is 184 Å². The van der Waals surface area contributed by atoms with Gasteiger partial charge in [-0.2, -0.15) is 0 Å². The smallest absolute Gasteiger partial charge is 0.260 e. The van der Waals surface area contributed by atoms with E-state index >= 15 is 0 Å². The highest BCUT2D eigenvalue weighted by atomic mass is 32.2. The molecule has 0 fully saturated rings. The van der Waals surface area contributed by atoms with Gasteiger partial charge in [-0.1, -0.05) is 44.2 Å². The second-order valence-electron chi connectivity index (χ2n) is 7.32. The molecule has 0 saturated heterocycles. The standard InChI is InChI=1S/C22H27N3O3S2/c1-5-13(2)9-17-14(3)30-21-19(17)20(27)24-22(25-21)29-12-18(26)23-11-15-7-6-8-16(10-15)28-4/h6-8,10,13H,5,9,11-12H2,1-4H3,(H,23,26)(H,24,25,27). The third kappa shape index (κ3) is 5.43. The summed E-state index contributed by atoms with van der Waals surface area (Å²) in [6.45, 7) is 6.81. The summed E-state index contributed by atoms with van der Waals surface area (Å²) in [5.41, 5.74) is 1.94. The number of aromatic nitrogens is 2. The minimum Gasteiger partial charge on any atom is -0.497 e. The van der Waals surface area contributed by atoms with Crippen molar-refractivity contribution in [1.29, 1.82) is 0 Å². The lowest BCUT2D eigenvalue weighted by atomic mass is 9.98. The van der Waals surface area contributed by atoms with E-state index in [4.69, 9.17) is 4.74 Å². The lowest BCUT2D eigenvalue weighted by molar-refractivity contribution is -0.118. The number of carbonyl (C=O) groups is 1. The maximum Gasteiger partial charge on any atom is 0.260 e. The number of thioether (sulfide) groups is 1. The van der Waals surface area contributed by atoms with E-state index in [-0.39, 0.29) is 17.2 Å². The fraction of sp³-hybridized carbons (Fsp3) is 0.409. The molecule has 0 aliphatic rings. The molecule has 0 saturated carbocycles. The number of nitrogens with one attached hydrogen (secondary N) is 2. The maximum absolute atomic E-state index is 12.7. The number of carbonyl (C=O) groups excluding carboxylic acids is 1. The zero-order chi connectivity index (χ0) is 21.7. The van der Waals surface area contributed by atoms with Crippen molar-refractivity contribution in [3.05, 3.63) is 50.6 Å². The van der Waals surface area contributed by atoms with E-state index in [1.54, 1.807) is 18.4 Å². The molecule has 3 rings (SSSR count). The Morgan fingerprint density at radius 2 is 2.20 bits per heavy atom. The summed E-state index contributed by atoms with van der Waals surface area (Å²) in [5, 5.41) is 4.05. The van der Waals surface area contributed by atoms with Gasteiger partial charge in [0.25, 0.3) is 5.56 Å². The van der Waals surface area contributed by atoms with Gasteiger partial charge in [-0.15, -0.1) is 11.3 Å². The first-order valence-electron chi connectivity index (χ1n) is 9.96. The van der Waals surface area contributed by atoms with Crippen LogP contribution in [-0.2, 0) is 17.8 Å². The van der Waals surface area contributed by atoms with Gasteiger partial charge in [-0.3, -0.25) is 9.59 Å². The van der Waals surface area contributed by atoms with Crippen molar-refractivity contribution >= 4 is 39.2 Å². The number of amides is 1. The van der Waals surface area contributed by atoms with Crippen LogP contribution in [-0.4, -0.2) is 28.7 Å². The van der Waals surface area contributed by atoms with Crippen LogP contribution in [0.1, 0.15) is 36.3 Å². The van der Waals surface area contributed by atoms with Gasteiger partial charge in [-0.05, 0) is 42.5 Å². The van der Waals surface area contributed by atoms with Gasteiger partial charge in [0, 0.05) is 11.4 Å². The first-order valence-corrected chi connectivity index (χ1v) is 11.8. The van der Waals surface area contributed by atoms with Crippen molar-refractivity contribution in [2.75, 3.05) is 12.9 Å². The van der Waals surface area contributed by atoms with Gasteiger partial charge in [0.2, 0.25) is 5.91 Å². The van der Waals surface area contributed by atoms with Crippen molar-refractivity contribution < 1.29 is 9.53 Å². The predicted molar refractivity (Wildman–Crippen MR) is 124 cm³/mol. The topological polar surface area (TPSA) is 84.1 Å². The summed E-state index contributed by atoms with van der Waals surface area (Å²) in [7, 11) is 1.61. The molecule has 160 valence electrons. The molecular formula is C22H27N3O3S2. The van der Waals surface area contributed by atoms with Crippen LogP contribution in [0.25, 0.3) is 10.2 Å². The molecule has 1 amide bonds. The van der Waals surface area contributed by atoms with Gasteiger partial charge >= 0.3 is 0 Å². The number of methoxy groups -OCH3 is 1. The lowest BCUT2D eigenvalue weighted by Crippen LogP contribution is -2.24. The normalized spacial score (nSPS) is 12.1. The molecule has 0 bridgehead atoms. The minimum absolute atomic E-state index is 0.120. The van der Waals surface area contributed by atoms with Crippen molar-refractivity contribution in [1.82, 2.24) is 15.3 Å². The van der Waals surface area contributed by atoms with Crippen LogP contribution in [0.15, 0.2) is 34.2 Å². The van der Waals surface area contributed by atoms with E-state index in [2.05, 4.69) is 29.1 Å². The molecule has 1 unspecified atom stereocenters. The van der Waals surface area contributed by atoms with Crippen molar-refractivity contribution in [3.8, 4) is 5.75 Å². The van der Waals surface area contributed by atoms with E-state index in [0.717, 1.165) is 39.4 Å². The Balaban J connectivity index is 1.64. The summed E-state index contributed by atoms with van der Waals surface area (Å²) >= 11 is 2.79. The highest BCUT2D eigenvalue weighted by molar-refractivity contribution is 7.99. The fourth-order valence-corrected chi connectivity index (χ4v) is 4.93. The zero-order valence-electron chi connectivity index (χ0n) is 17.7. The lowest BCUT2D eigenvalue weighted by Gasteiger charge is -2.08. The van der Waals surface area contributed by atoms with E-state index in [9.17, 15) is 9.59 Å². The van der Waals surface area contributed by atoms with Crippen molar-refractivity contribution in [2.24, 2.45) is 5.92 Å². The average Bonchev–Trinajstić information content (AvgIpc) is 3.06. The number of thiophene rings is 1. The molecule has 1 aromatic carbocycles. The Morgan fingerprint density at radius 3 is 2.93 bits per heavy atom. The molecule has 2 N–H and O–H groups in total. The maximum atomic E-state index is 12.7. The van der Waals surface area contributed by atoms with Gasteiger partial charge in [0.05, 0.1) is 18.2 Å². The first kappa shape index (κ1) is 22.4. The van der Waals surface area contributed by atoms with Crippen LogP contribution in [0.2, 0.25) is 0 Å². The SMILES string of the molecule is CCC(C)Cc1c(C)sc2nc(SCC(=O)NCc3cccc(OC)c3)[nH]c(=O)c12. The molecule has 2 aromatic heterocycles. The highest BCUT2D eigenvalue weighted by Crippen LogP contribution is 2.30. The number of hydrogen-bond donors (Lipinski definition) is 2. The Bertz CT molecular complexity index is 1090. The molecular weight excluding hydrogens is 418 g/mol. The fourth-order valence-electron chi connectivity index (χ4n) is 3.13. The number of rotatable bonds is 9. The first-order chi connectivity index (χ1) is 14.4. The van der Waals surface area contributed by atoms with Gasteiger partial charge in [0.15, 0.2) is 5.16 Å². The molecule has 0 radical (unpaired) electrons. The Morgan fingerprint density at radius 1 is 1.40 bits per heavy atom. The molecule has 0 spiro atoms. The van der Waals surface area contributed by atoms with Crippen LogP contribution in [0.4, 0.5) is 0 Å². The van der Waals surface area contributed by atoms with Crippen LogP contribution < -0.4 is 15.6 Å². The molecule has 2 heterocycles. The highest BCUT2D eigenvalue weighted by Gasteiger charge is 2.17. The van der Waals surface area contributed by atoms with Crippen molar-refractivity contribution in [3.63, 3.8) is 0 Å². The third-order valence-corrected chi connectivity index (χ3v) is 6.97. The average molecular weight is 446 g/mol. The number of aromatic amines is 1. The van der Waals surface area contributed by atoms with Gasteiger partial charge < -0.3 is 15.0 Å². The quantitative estimate of drug-likeness (QED) is 0.379. The van der Waals surface area contributed by atoms with Gasteiger partial charge in [0.1, 0.15) is 10.6 Å².